The quantitative estimate of drug-likeness (QED) is 0.375. The third-order valence-corrected chi connectivity index (χ3v) is 7.62. The van der Waals surface area contributed by atoms with Gasteiger partial charge >= 0.3 is 13.1 Å². The number of aromatic nitrogens is 4. The number of carbonyl (C=O) groups is 3. The first-order valence-electron chi connectivity index (χ1n) is 13.1. The molecule has 0 saturated carbocycles. The van der Waals surface area contributed by atoms with Crippen LogP contribution < -0.4 is 10.6 Å². The molecule has 3 aromatic rings. The molecule has 0 aliphatic carbocycles. The summed E-state index contributed by atoms with van der Waals surface area (Å²) in [6.45, 7) is 0.766. The van der Waals surface area contributed by atoms with Crippen LogP contribution in [0.3, 0.4) is 0 Å². The molecule has 2 aliphatic rings. The zero-order valence-corrected chi connectivity index (χ0v) is 23.4. The molecule has 1 atom stereocenters. The second-order valence-electron chi connectivity index (χ2n) is 10.2. The van der Waals surface area contributed by atoms with E-state index in [0.29, 0.717) is 38.9 Å². The van der Waals surface area contributed by atoms with Crippen LogP contribution in [-0.2, 0) is 25.1 Å². The van der Waals surface area contributed by atoms with Gasteiger partial charge in [0.1, 0.15) is 0 Å². The summed E-state index contributed by atoms with van der Waals surface area (Å²) < 4.78 is 42.6. The van der Waals surface area contributed by atoms with Crippen molar-refractivity contribution in [2.45, 2.75) is 18.5 Å². The van der Waals surface area contributed by atoms with Crippen molar-refractivity contribution < 1.29 is 32.6 Å². The maximum atomic E-state index is 13.4. The summed E-state index contributed by atoms with van der Waals surface area (Å²) in [4.78, 5) is 46.0. The number of hydrogen-bond donors (Lipinski definition) is 3. The number of anilines is 1. The Labute approximate surface area is 243 Å². The first kappa shape index (κ1) is 29.6. The standard InChI is InChI=1S/C25H27BClF3N8O4/c1-35-12-16(20(34-35)25(28,29)30)19-11-31-21(36(19)2)22(39)33-14-3-4-15(17(27)9-14)23(40)37-5-7-38(8-6-37)24(41)18-10-26(42)13-32-18/h3-4,9,11-12,18,32,42H,5-8,10,13H2,1-2H3,(H,33,39)/t18-/m0/s1. The number of amides is 3. The van der Waals surface area contributed by atoms with E-state index in [2.05, 4.69) is 20.7 Å². The van der Waals surface area contributed by atoms with Gasteiger partial charge in [0.05, 0.1) is 34.1 Å². The third kappa shape index (κ3) is 5.87. The zero-order chi connectivity index (χ0) is 30.3. The largest absolute Gasteiger partial charge is 0.449 e. The Morgan fingerprint density at radius 1 is 1.14 bits per heavy atom. The van der Waals surface area contributed by atoms with Gasteiger partial charge in [-0.2, -0.15) is 18.3 Å². The SMILES string of the molecule is Cn1cc(-c2cnc(C(=O)Nc3ccc(C(=O)N4CCN(C(=O)[C@@H]5CB(O)CN5)CC4)c(Cl)c3)n2C)c(C(F)(F)F)n1. The van der Waals surface area contributed by atoms with Crippen LogP contribution >= 0.6 is 11.6 Å². The third-order valence-electron chi connectivity index (χ3n) is 7.31. The highest BCUT2D eigenvalue weighted by Gasteiger charge is 2.38. The van der Waals surface area contributed by atoms with Crippen LogP contribution in [0.2, 0.25) is 11.3 Å². The van der Waals surface area contributed by atoms with E-state index < -0.39 is 30.7 Å². The number of rotatable bonds is 5. The number of aryl methyl sites for hydroxylation is 1. The van der Waals surface area contributed by atoms with Crippen molar-refractivity contribution in [3.05, 3.63) is 52.7 Å². The van der Waals surface area contributed by atoms with E-state index in [4.69, 9.17) is 11.6 Å². The van der Waals surface area contributed by atoms with Crippen molar-refractivity contribution in [3.63, 3.8) is 0 Å². The fourth-order valence-corrected chi connectivity index (χ4v) is 5.40. The van der Waals surface area contributed by atoms with Gasteiger partial charge in [0.25, 0.3) is 11.8 Å². The first-order valence-corrected chi connectivity index (χ1v) is 13.4. The summed E-state index contributed by atoms with van der Waals surface area (Å²) in [5, 5.41) is 18.9. The molecule has 42 heavy (non-hydrogen) atoms. The number of carbonyl (C=O) groups excluding carboxylic acids is 3. The molecule has 2 aromatic heterocycles. The van der Waals surface area contributed by atoms with Gasteiger partial charge in [-0.05, 0) is 24.5 Å². The Hall–Kier alpha value is -3.89. The molecule has 1 aromatic carbocycles. The highest BCUT2D eigenvalue weighted by molar-refractivity contribution is 6.52. The molecule has 0 spiro atoms. The number of piperazine rings is 1. The summed E-state index contributed by atoms with van der Waals surface area (Å²) in [6.07, 6.45) is -1.59. The highest BCUT2D eigenvalue weighted by atomic mass is 35.5. The molecule has 0 unspecified atom stereocenters. The Morgan fingerprint density at radius 3 is 2.45 bits per heavy atom. The lowest BCUT2D eigenvalue weighted by Crippen LogP contribution is -2.54. The normalized spacial score (nSPS) is 17.6. The maximum Gasteiger partial charge on any atom is 0.435 e. The van der Waals surface area contributed by atoms with E-state index in [1.807, 2.05) is 0 Å². The van der Waals surface area contributed by atoms with Crippen molar-refractivity contribution in [1.29, 1.82) is 0 Å². The predicted molar refractivity (Wildman–Crippen MR) is 147 cm³/mol. The van der Waals surface area contributed by atoms with Crippen LogP contribution in [0.1, 0.15) is 26.7 Å². The maximum absolute atomic E-state index is 13.4. The van der Waals surface area contributed by atoms with Gasteiger partial charge in [-0.25, -0.2) is 4.98 Å². The van der Waals surface area contributed by atoms with Gasteiger partial charge in [0.2, 0.25) is 5.91 Å². The van der Waals surface area contributed by atoms with Crippen molar-refractivity contribution in [2.75, 3.05) is 37.9 Å². The molecule has 222 valence electrons. The zero-order valence-electron chi connectivity index (χ0n) is 22.7. The summed E-state index contributed by atoms with van der Waals surface area (Å²) in [5.41, 5.74) is -0.788. The van der Waals surface area contributed by atoms with Crippen molar-refractivity contribution in [3.8, 4) is 11.3 Å². The lowest BCUT2D eigenvalue weighted by atomic mass is 9.67. The molecule has 4 heterocycles. The highest BCUT2D eigenvalue weighted by Crippen LogP contribution is 2.36. The van der Waals surface area contributed by atoms with Gasteiger partial charge in [-0.3, -0.25) is 19.1 Å². The molecular weight excluding hydrogens is 580 g/mol. The molecule has 17 heteroatoms. The molecule has 3 amide bonds. The van der Waals surface area contributed by atoms with Gasteiger partial charge in [-0.1, -0.05) is 11.6 Å². The van der Waals surface area contributed by atoms with E-state index in [1.54, 1.807) is 9.80 Å². The second-order valence-corrected chi connectivity index (χ2v) is 10.6. The number of alkyl halides is 3. The van der Waals surface area contributed by atoms with Gasteiger partial charge in [-0.15, -0.1) is 0 Å². The Balaban J connectivity index is 1.23. The number of nitrogens with one attached hydrogen (secondary N) is 2. The average molecular weight is 607 g/mol. The fourth-order valence-electron chi connectivity index (χ4n) is 5.14. The van der Waals surface area contributed by atoms with Gasteiger partial charge < -0.3 is 30.0 Å². The Bertz CT molecular complexity index is 1540. The molecule has 0 radical (unpaired) electrons. The van der Waals surface area contributed by atoms with Crippen molar-refractivity contribution >= 4 is 41.9 Å². The minimum atomic E-state index is -4.69. The molecule has 2 fully saturated rings. The molecule has 5 rings (SSSR count). The number of imidazole rings is 1. The fraction of sp³-hybridized carbons (Fsp3) is 0.400. The molecule has 0 bridgehead atoms. The monoisotopic (exact) mass is 606 g/mol. The number of benzene rings is 1. The minimum Gasteiger partial charge on any atom is -0.449 e. The predicted octanol–water partition coefficient (Wildman–Crippen LogP) is 1.52. The minimum absolute atomic E-state index is 0.0541. The topological polar surface area (TPSA) is 138 Å². The summed E-state index contributed by atoms with van der Waals surface area (Å²) in [5.74, 6) is -1.27. The lowest BCUT2D eigenvalue weighted by Gasteiger charge is -2.36. The van der Waals surface area contributed by atoms with E-state index in [1.165, 1.54) is 43.1 Å². The molecule has 2 aliphatic heterocycles. The number of nitrogens with zero attached hydrogens (tertiary/aromatic N) is 6. The first-order chi connectivity index (χ1) is 19.8. The van der Waals surface area contributed by atoms with E-state index in [-0.39, 0.29) is 45.2 Å². The lowest BCUT2D eigenvalue weighted by molar-refractivity contribution is -0.141. The average Bonchev–Trinajstić information content (AvgIpc) is 3.65. The second kappa shape index (κ2) is 11.4. The smallest absolute Gasteiger partial charge is 0.435 e. The van der Waals surface area contributed by atoms with Crippen LogP contribution in [0.15, 0.2) is 30.6 Å². The van der Waals surface area contributed by atoms with E-state index in [0.717, 1.165) is 10.9 Å². The van der Waals surface area contributed by atoms with E-state index >= 15 is 0 Å². The molecule has 2 saturated heterocycles. The summed E-state index contributed by atoms with van der Waals surface area (Å²) >= 11 is 6.40. The number of hydrogen-bond acceptors (Lipinski definition) is 7. The summed E-state index contributed by atoms with van der Waals surface area (Å²) in [7, 11) is 2.78. The van der Waals surface area contributed by atoms with E-state index in [9.17, 15) is 32.6 Å². The van der Waals surface area contributed by atoms with Crippen molar-refractivity contribution in [2.24, 2.45) is 14.1 Å². The van der Waals surface area contributed by atoms with Crippen LogP contribution in [0.25, 0.3) is 11.3 Å². The van der Waals surface area contributed by atoms with Crippen LogP contribution in [0.4, 0.5) is 18.9 Å². The Morgan fingerprint density at radius 2 is 1.83 bits per heavy atom. The van der Waals surface area contributed by atoms with Crippen LogP contribution in [0, 0.1) is 0 Å². The van der Waals surface area contributed by atoms with Crippen LogP contribution in [-0.4, -0.2) is 97.5 Å². The van der Waals surface area contributed by atoms with Crippen molar-refractivity contribution in [1.82, 2.24) is 34.4 Å². The summed E-state index contributed by atoms with van der Waals surface area (Å²) in [6, 6.07) is 3.93. The molecule has 3 N–H and O–H groups in total. The van der Waals surface area contributed by atoms with Gasteiger partial charge in [0, 0.05) is 58.6 Å². The number of halogens is 4. The van der Waals surface area contributed by atoms with Gasteiger partial charge in [0.15, 0.2) is 11.5 Å². The molecular formula is C25H27BClF3N8O4. The Kier molecular flexibility index (Phi) is 8.05. The van der Waals surface area contributed by atoms with Crippen LogP contribution in [0.5, 0.6) is 0 Å². The molecule has 12 nitrogen and oxygen atoms in total.